The molecule has 0 aliphatic carbocycles. The van der Waals surface area contributed by atoms with Gasteiger partial charge in [-0.15, -0.1) is 0 Å². The molecule has 0 saturated heterocycles. The molecule has 0 bridgehead atoms. The highest BCUT2D eigenvalue weighted by Crippen LogP contribution is 2.02. The van der Waals surface area contributed by atoms with Gasteiger partial charge in [0.25, 0.3) is 0 Å². The van der Waals surface area contributed by atoms with Crippen LogP contribution >= 0.6 is 0 Å². The molecule has 1 unspecified atom stereocenters. The first-order valence-electron chi connectivity index (χ1n) is 3.65. The van der Waals surface area contributed by atoms with Gasteiger partial charge in [0.05, 0.1) is 6.07 Å². The molecule has 0 aliphatic heterocycles. The fourth-order valence-electron chi connectivity index (χ4n) is 0.682. The molecule has 0 saturated carbocycles. The summed E-state index contributed by atoms with van der Waals surface area (Å²) in [5.74, 6) is 0.187. The van der Waals surface area contributed by atoms with Crippen LogP contribution in [-0.2, 0) is 0 Å². The SMILES string of the molecule is C/C=N\CCCC(C)C#N. The summed E-state index contributed by atoms with van der Waals surface area (Å²) in [5.41, 5.74) is 0. The zero-order chi connectivity index (χ0) is 7.82. The number of nitrogens with zero attached hydrogens (tertiary/aromatic N) is 2. The van der Waals surface area contributed by atoms with Crippen molar-refractivity contribution >= 4 is 6.21 Å². The van der Waals surface area contributed by atoms with Gasteiger partial charge in [-0.3, -0.25) is 4.99 Å². The summed E-state index contributed by atoms with van der Waals surface area (Å²) in [6.45, 7) is 4.71. The van der Waals surface area contributed by atoms with Crippen molar-refractivity contribution in [1.29, 1.82) is 5.26 Å². The molecule has 2 nitrogen and oxygen atoms in total. The molecular formula is C8H14N2. The smallest absolute Gasteiger partial charge is 0.0652 e. The fraction of sp³-hybridized carbons (Fsp3) is 0.750. The van der Waals surface area contributed by atoms with Crippen LogP contribution in [-0.4, -0.2) is 12.8 Å². The minimum Gasteiger partial charge on any atom is -0.298 e. The van der Waals surface area contributed by atoms with Crippen molar-refractivity contribution in [3.05, 3.63) is 0 Å². The van der Waals surface area contributed by atoms with Crippen molar-refractivity contribution in [2.75, 3.05) is 6.54 Å². The van der Waals surface area contributed by atoms with Crippen molar-refractivity contribution in [3.63, 3.8) is 0 Å². The average Bonchev–Trinajstić information content (AvgIpc) is 1.98. The van der Waals surface area contributed by atoms with E-state index >= 15 is 0 Å². The Labute approximate surface area is 62.6 Å². The summed E-state index contributed by atoms with van der Waals surface area (Å²) in [6.07, 6.45) is 3.80. The van der Waals surface area contributed by atoms with E-state index in [1.54, 1.807) is 6.21 Å². The minimum atomic E-state index is 0.187. The van der Waals surface area contributed by atoms with Crippen LogP contribution in [0.3, 0.4) is 0 Å². The highest BCUT2D eigenvalue weighted by Gasteiger charge is 1.96. The monoisotopic (exact) mass is 138 g/mol. The highest BCUT2D eigenvalue weighted by atomic mass is 14.7. The molecule has 0 radical (unpaired) electrons. The molecule has 0 rings (SSSR count). The van der Waals surface area contributed by atoms with Crippen LogP contribution in [0.5, 0.6) is 0 Å². The Balaban J connectivity index is 3.13. The number of hydrogen-bond acceptors (Lipinski definition) is 2. The Hall–Kier alpha value is -0.840. The van der Waals surface area contributed by atoms with E-state index in [2.05, 4.69) is 11.1 Å². The van der Waals surface area contributed by atoms with E-state index < -0.39 is 0 Å². The second-order valence-corrected chi connectivity index (χ2v) is 2.34. The van der Waals surface area contributed by atoms with Crippen LogP contribution in [0, 0.1) is 17.2 Å². The quantitative estimate of drug-likeness (QED) is 0.432. The zero-order valence-corrected chi connectivity index (χ0v) is 6.67. The standard InChI is InChI=1S/C8H14N2/c1-3-10-6-4-5-8(2)7-9/h3,8H,4-6H2,1-2H3/b10-3-. The van der Waals surface area contributed by atoms with Crippen LogP contribution in [0.15, 0.2) is 4.99 Å². The molecule has 2 heteroatoms. The van der Waals surface area contributed by atoms with Crippen molar-refractivity contribution in [3.8, 4) is 6.07 Å². The van der Waals surface area contributed by atoms with E-state index in [0.717, 1.165) is 19.4 Å². The molecule has 0 aromatic heterocycles. The summed E-state index contributed by atoms with van der Waals surface area (Å²) in [4.78, 5) is 4.04. The van der Waals surface area contributed by atoms with Crippen molar-refractivity contribution in [2.24, 2.45) is 10.9 Å². The lowest BCUT2D eigenvalue weighted by molar-refractivity contribution is 0.625. The minimum absolute atomic E-state index is 0.187. The van der Waals surface area contributed by atoms with Gasteiger partial charge in [0.15, 0.2) is 0 Å². The second kappa shape index (κ2) is 6.28. The van der Waals surface area contributed by atoms with Crippen LogP contribution in [0.2, 0.25) is 0 Å². The molecule has 0 fully saturated rings. The largest absolute Gasteiger partial charge is 0.298 e. The summed E-state index contributed by atoms with van der Waals surface area (Å²) >= 11 is 0. The third kappa shape index (κ3) is 5.30. The first-order chi connectivity index (χ1) is 4.81. The number of hydrogen-bond donors (Lipinski definition) is 0. The molecule has 0 heterocycles. The van der Waals surface area contributed by atoms with Crippen molar-refractivity contribution < 1.29 is 0 Å². The predicted octanol–water partition coefficient (Wildman–Crippen LogP) is 2.02. The molecule has 0 spiro atoms. The van der Waals surface area contributed by atoms with Gasteiger partial charge in [0, 0.05) is 12.5 Å². The van der Waals surface area contributed by atoms with Gasteiger partial charge in [0.1, 0.15) is 0 Å². The van der Waals surface area contributed by atoms with E-state index in [-0.39, 0.29) is 5.92 Å². The Kier molecular flexibility index (Phi) is 5.75. The summed E-state index contributed by atoms with van der Waals surface area (Å²) in [6, 6.07) is 2.19. The van der Waals surface area contributed by atoms with E-state index in [1.807, 2.05) is 13.8 Å². The second-order valence-electron chi connectivity index (χ2n) is 2.34. The lowest BCUT2D eigenvalue weighted by Gasteiger charge is -1.97. The Morgan fingerprint density at radius 2 is 2.40 bits per heavy atom. The van der Waals surface area contributed by atoms with Gasteiger partial charge in [-0.1, -0.05) is 0 Å². The Morgan fingerprint density at radius 3 is 2.90 bits per heavy atom. The molecule has 0 amide bonds. The predicted molar refractivity (Wildman–Crippen MR) is 43.0 cm³/mol. The zero-order valence-electron chi connectivity index (χ0n) is 6.67. The van der Waals surface area contributed by atoms with E-state index in [0.29, 0.717) is 0 Å². The molecule has 1 atom stereocenters. The topological polar surface area (TPSA) is 36.1 Å². The lowest BCUT2D eigenvalue weighted by atomic mass is 10.1. The third-order valence-corrected chi connectivity index (χ3v) is 1.33. The average molecular weight is 138 g/mol. The van der Waals surface area contributed by atoms with Gasteiger partial charge in [-0.2, -0.15) is 5.26 Å². The highest BCUT2D eigenvalue weighted by molar-refractivity contribution is 5.53. The number of rotatable bonds is 4. The molecule has 0 aliphatic rings. The van der Waals surface area contributed by atoms with Gasteiger partial charge in [0.2, 0.25) is 0 Å². The molecular weight excluding hydrogens is 124 g/mol. The van der Waals surface area contributed by atoms with Crippen LogP contribution in [0.4, 0.5) is 0 Å². The summed E-state index contributed by atoms with van der Waals surface area (Å²) in [7, 11) is 0. The first kappa shape index (κ1) is 9.16. The maximum absolute atomic E-state index is 8.40. The van der Waals surface area contributed by atoms with Crippen LogP contribution in [0.25, 0.3) is 0 Å². The first-order valence-corrected chi connectivity index (χ1v) is 3.65. The van der Waals surface area contributed by atoms with E-state index in [9.17, 15) is 0 Å². The fourth-order valence-corrected chi connectivity index (χ4v) is 0.682. The van der Waals surface area contributed by atoms with E-state index in [4.69, 9.17) is 5.26 Å². The molecule has 56 valence electrons. The number of nitriles is 1. The Bertz CT molecular complexity index is 133. The van der Waals surface area contributed by atoms with Gasteiger partial charge in [-0.25, -0.2) is 0 Å². The van der Waals surface area contributed by atoms with E-state index in [1.165, 1.54) is 0 Å². The van der Waals surface area contributed by atoms with Gasteiger partial charge < -0.3 is 0 Å². The van der Waals surface area contributed by atoms with Crippen LogP contribution < -0.4 is 0 Å². The van der Waals surface area contributed by atoms with Crippen molar-refractivity contribution in [1.82, 2.24) is 0 Å². The molecule has 0 aromatic rings. The number of aliphatic imine (C=N–C) groups is 1. The van der Waals surface area contributed by atoms with Gasteiger partial charge in [-0.05, 0) is 32.9 Å². The van der Waals surface area contributed by atoms with Crippen LogP contribution in [0.1, 0.15) is 26.7 Å². The van der Waals surface area contributed by atoms with Gasteiger partial charge >= 0.3 is 0 Å². The third-order valence-electron chi connectivity index (χ3n) is 1.33. The summed E-state index contributed by atoms with van der Waals surface area (Å²) in [5, 5.41) is 8.40. The normalized spacial score (nSPS) is 13.3. The molecule has 0 aromatic carbocycles. The maximum atomic E-state index is 8.40. The molecule has 0 N–H and O–H groups in total. The Morgan fingerprint density at radius 1 is 1.70 bits per heavy atom. The lowest BCUT2D eigenvalue weighted by Crippen LogP contribution is -1.91. The van der Waals surface area contributed by atoms with Crippen molar-refractivity contribution in [2.45, 2.75) is 26.7 Å². The molecule has 10 heavy (non-hydrogen) atoms. The maximum Gasteiger partial charge on any atom is 0.0652 e. The summed E-state index contributed by atoms with van der Waals surface area (Å²) < 4.78 is 0.